The molecule has 2 aliphatic rings. The minimum absolute atomic E-state index is 0.122. The maximum atomic E-state index is 5.33. The Hall–Kier alpha value is -1.89. The molecular formula is C18H26N4O2. The Morgan fingerprint density at radius 2 is 2.08 bits per heavy atom. The monoisotopic (exact) mass is 330 g/mol. The summed E-state index contributed by atoms with van der Waals surface area (Å²) >= 11 is 0. The highest BCUT2D eigenvalue weighted by Gasteiger charge is 2.36. The van der Waals surface area contributed by atoms with Crippen LogP contribution in [-0.4, -0.2) is 45.8 Å². The van der Waals surface area contributed by atoms with Gasteiger partial charge in [0, 0.05) is 31.3 Å². The topological polar surface area (TPSA) is 41.1 Å². The highest BCUT2D eigenvalue weighted by atomic mass is 17.3. The Morgan fingerprint density at radius 1 is 1.29 bits per heavy atom. The third-order valence-electron chi connectivity index (χ3n) is 4.72. The first kappa shape index (κ1) is 17.0. The van der Waals surface area contributed by atoms with Gasteiger partial charge >= 0.3 is 0 Å². The summed E-state index contributed by atoms with van der Waals surface area (Å²) in [5.41, 5.74) is 4.81. The lowest BCUT2D eigenvalue weighted by atomic mass is 9.99. The third kappa shape index (κ3) is 3.17. The van der Waals surface area contributed by atoms with Gasteiger partial charge in [-0.05, 0) is 50.5 Å². The molecule has 0 aromatic carbocycles. The summed E-state index contributed by atoms with van der Waals surface area (Å²) in [5.74, 6) is 0. The van der Waals surface area contributed by atoms with Gasteiger partial charge in [-0.15, -0.1) is 4.99 Å². The second-order valence-electron chi connectivity index (χ2n) is 6.35. The van der Waals surface area contributed by atoms with Gasteiger partial charge in [0.15, 0.2) is 0 Å². The van der Waals surface area contributed by atoms with Crippen molar-refractivity contribution in [3.05, 3.63) is 53.1 Å². The van der Waals surface area contributed by atoms with Crippen molar-refractivity contribution in [2.75, 3.05) is 13.7 Å². The highest BCUT2D eigenvalue weighted by Crippen LogP contribution is 2.32. The molecule has 0 aliphatic carbocycles. The summed E-state index contributed by atoms with van der Waals surface area (Å²) < 4.78 is 0. The lowest BCUT2D eigenvalue weighted by Crippen LogP contribution is -2.43. The lowest BCUT2D eigenvalue weighted by molar-refractivity contribution is -0.416. The van der Waals surface area contributed by atoms with E-state index in [1.807, 2.05) is 26.2 Å². The van der Waals surface area contributed by atoms with E-state index in [0.717, 1.165) is 12.2 Å². The quantitative estimate of drug-likeness (QED) is 0.611. The number of rotatable bonds is 5. The molecule has 0 bridgehead atoms. The molecule has 2 unspecified atom stereocenters. The summed E-state index contributed by atoms with van der Waals surface area (Å²) in [5, 5.41) is 6.23. The average Bonchev–Trinajstić information content (AvgIpc) is 2.88. The molecule has 1 aromatic heterocycles. The number of pyridine rings is 1. The van der Waals surface area contributed by atoms with Crippen LogP contribution in [-0.2, 0) is 16.4 Å². The van der Waals surface area contributed by atoms with E-state index in [0.29, 0.717) is 6.61 Å². The van der Waals surface area contributed by atoms with E-state index in [1.54, 1.807) is 5.06 Å². The van der Waals surface area contributed by atoms with Crippen LogP contribution in [0.4, 0.5) is 0 Å². The molecule has 24 heavy (non-hydrogen) atoms. The number of aromatic nitrogens is 1. The van der Waals surface area contributed by atoms with Gasteiger partial charge < -0.3 is 5.01 Å². The zero-order valence-corrected chi connectivity index (χ0v) is 15.1. The third-order valence-corrected chi connectivity index (χ3v) is 4.72. The van der Waals surface area contributed by atoms with Gasteiger partial charge in [-0.3, -0.25) is 4.98 Å². The molecule has 0 saturated heterocycles. The normalized spacial score (nSPS) is 23.6. The van der Waals surface area contributed by atoms with E-state index in [9.17, 15) is 0 Å². The number of hydroxylamine groups is 2. The molecule has 0 saturated carbocycles. The number of aryl methyl sites for hydroxylation is 2. The highest BCUT2D eigenvalue weighted by molar-refractivity contribution is 5.30. The summed E-state index contributed by atoms with van der Waals surface area (Å²) in [7, 11) is 2.11. The molecule has 6 heteroatoms. The second kappa shape index (κ2) is 6.93. The van der Waals surface area contributed by atoms with Gasteiger partial charge in [-0.1, -0.05) is 6.07 Å². The molecule has 130 valence electrons. The number of nitrogens with zero attached hydrogens (tertiary/aromatic N) is 4. The molecule has 0 fully saturated rings. The Balaban J connectivity index is 1.76. The van der Waals surface area contributed by atoms with Gasteiger partial charge in [0.25, 0.3) is 0 Å². The fraction of sp³-hybridized carbons (Fsp3) is 0.500. The second-order valence-corrected chi connectivity index (χ2v) is 6.35. The summed E-state index contributed by atoms with van der Waals surface area (Å²) in [4.78, 5) is 14.9. The van der Waals surface area contributed by atoms with E-state index in [-0.39, 0.29) is 12.1 Å². The van der Waals surface area contributed by atoms with Crippen LogP contribution in [0.15, 0.2) is 36.3 Å². The summed E-state index contributed by atoms with van der Waals surface area (Å²) in [6.45, 7) is 9.49. The molecule has 0 N–H and O–H groups in total. The Labute approximate surface area is 143 Å². The summed E-state index contributed by atoms with van der Waals surface area (Å²) in [6, 6.07) is 2.58. The molecule has 0 radical (unpaired) electrons. The minimum Gasteiger partial charge on any atom is -0.308 e. The van der Waals surface area contributed by atoms with Crippen LogP contribution in [0, 0.1) is 13.8 Å². The Kier molecular flexibility index (Phi) is 4.89. The van der Waals surface area contributed by atoms with Gasteiger partial charge in [0.05, 0.1) is 25.2 Å². The van der Waals surface area contributed by atoms with Crippen LogP contribution in [0.25, 0.3) is 0 Å². The van der Waals surface area contributed by atoms with Crippen LogP contribution in [0.2, 0.25) is 0 Å². The SMILES string of the molecule is CCOON1C=CC2C(=CN(Cc3cnc(C)c(C)c3)N2C)C1C. The predicted octanol–water partition coefficient (Wildman–Crippen LogP) is 2.71. The van der Waals surface area contributed by atoms with Gasteiger partial charge in [-0.25, -0.2) is 15.0 Å². The molecule has 2 aliphatic heterocycles. The zero-order valence-electron chi connectivity index (χ0n) is 15.1. The van der Waals surface area contributed by atoms with Crippen LogP contribution in [0.1, 0.15) is 30.7 Å². The molecule has 3 heterocycles. The lowest BCUT2D eigenvalue weighted by Gasteiger charge is -2.35. The van der Waals surface area contributed by atoms with Crippen molar-refractivity contribution in [1.82, 2.24) is 20.1 Å². The minimum atomic E-state index is 0.122. The number of likely N-dealkylation sites (N-methyl/N-ethyl adjacent to an activating group) is 1. The van der Waals surface area contributed by atoms with E-state index < -0.39 is 0 Å². The fourth-order valence-electron chi connectivity index (χ4n) is 3.08. The Bertz CT molecular complexity index is 658. The largest absolute Gasteiger partial charge is 0.308 e. The number of hydrogen-bond acceptors (Lipinski definition) is 6. The van der Waals surface area contributed by atoms with E-state index in [4.69, 9.17) is 9.88 Å². The fourth-order valence-corrected chi connectivity index (χ4v) is 3.08. The molecule has 2 atom stereocenters. The Morgan fingerprint density at radius 3 is 2.79 bits per heavy atom. The van der Waals surface area contributed by atoms with Crippen molar-refractivity contribution in [3.8, 4) is 0 Å². The van der Waals surface area contributed by atoms with E-state index in [2.05, 4.69) is 54.2 Å². The van der Waals surface area contributed by atoms with Crippen molar-refractivity contribution >= 4 is 0 Å². The van der Waals surface area contributed by atoms with Crippen LogP contribution < -0.4 is 0 Å². The smallest absolute Gasteiger partial charge is 0.0819 e. The van der Waals surface area contributed by atoms with Crippen LogP contribution >= 0.6 is 0 Å². The maximum absolute atomic E-state index is 5.33. The standard InChI is InChI=1S/C18H26N4O2/c1-6-23-24-22-8-7-18-17(15(22)4)12-21(20(18)5)11-16-9-13(2)14(3)19-10-16/h7-10,12,15,18H,6,11H2,1-5H3. The van der Waals surface area contributed by atoms with Crippen LogP contribution in [0.5, 0.6) is 0 Å². The van der Waals surface area contributed by atoms with Crippen molar-refractivity contribution in [3.63, 3.8) is 0 Å². The van der Waals surface area contributed by atoms with E-state index in [1.165, 1.54) is 16.7 Å². The molecule has 3 rings (SSSR count). The average molecular weight is 330 g/mol. The van der Waals surface area contributed by atoms with Gasteiger partial charge in [-0.2, -0.15) is 0 Å². The van der Waals surface area contributed by atoms with Gasteiger partial charge in [0.1, 0.15) is 0 Å². The summed E-state index contributed by atoms with van der Waals surface area (Å²) in [6.07, 6.45) is 8.24. The van der Waals surface area contributed by atoms with Crippen molar-refractivity contribution in [2.24, 2.45) is 0 Å². The zero-order chi connectivity index (χ0) is 17.3. The molecule has 0 amide bonds. The van der Waals surface area contributed by atoms with Crippen molar-refractivity contribution < 1.29 is 9.88 Å². The van der Waals surface area contributed by atoms with Crippen molar-refractivity contribution in [2.45, 2.75) is 46.3 Å². The number of fused-ring (bicyclic) bond motifs is 1. The van der Waals surface area contributed by atoms with E-state index >= 15 is 0 Å². The molecule has 0 spiro atoms. The molecule has 1 aromatic rings. The van der Waals surface area contributed by atoms with Gasteiger partial charge in [0.2, 0.25) is 0 Å². The molecule has 6 nitrogen and oxygen atoms in total. The number of hydrogen-bond donors (Lipinski definition) is 0. The maximum Gasteiger partial charge on any atom is 0.0819 e. The first-order valence-corrected chi connectivity index (χ1v) is 8.40. The first-order valence-electron chi connectivity index (χ1n) is 8.40. The molecular weight excluding hydrogens is 304 g/mol. The van der Waals surface area contributed by atoms with Crippen molar-refractivity contribution in [1.29, 1.82) is 0 Å². The predicted molar refractivity (Wildman–Crippen MR) is 92.0 cm³/mol. The first-order chi connectivity index (χ1) is 11.5. The van der Waals surface area contributed by atoms with Crippen LogP contribution in [0.3, 0.4) is 0 Å². The number of hydrazine groups is 1.